The number of benzene rings is 3. The molecule has 3 atom stereocenters. The zero-order valence-corrected chi connectivity index (χ0v) is 27.5. The number of sulfone groups is 1. The SMILES string of the molecule is COc1ccc(F)c([C@@]2(COCc3ccccc3)N/C(=N\C(=O)OC(C)(C)C)C(C)(C)S(=O)(=O)C2CC(O)c2ccc(F)cc2)c1. The van der Waals surface area contributed by atoms with Gasteiger partial charge in [0.1, 0.15) is 39.1 Å². The second kappa shape index (κ2) is 13.5. The molecule has 0 spiro atoms. The van der Waals surface area contributed by atoms with Gasteiger partial charge in [0.15, 0.2) is 9.84 Å². The number of amidine groups is 1. The summed E-state index contributed by atoms with van der Waals surface area (Å²) < 4.78 is 74.3. The Hall–Kier alpha value is -3.87. The third-order valence-electron chi connectivity index (χ3n) is 7.93. The van der Waals surface area contributed by atoms with Gasteiger partial charge in [-0.15, -0.1) is 0 Å². The molecule has 1 saturated heterocycles. The molecule has 0 bridgehead atoms. The summed E-state index contributed by atoms with van der Waals surface area (Å²) in [6.45, 7) is 7.25. The number of hydrogen-bond donors (Lipinski definition) is 2. The van der Waals surface area contributed by atoms with Crippen LogP contribution in [0.3, 0.4) is 0 Å². The molecule has 3 aromatic carbocycles. The van der Waals surface area contributed by atoms with E-state index in [1.807, 2.05) is 30.3 Å². The molecule has 1 aliphatic heterocycles. The summed E-state index contributed by atoms with van der Waals surface area (Å²) in [6, 6.07) is 18.0. The minimum Gasteiger partial charge on any atom is -0.497 e. The minimum absolute atomic E-state index is 0.0328. The standard InChI is InChI=1S/C34H40F2N2O7S/c1-32(2,3)45-31(40)37-30-33(4,5)46(41,42)29(19-28(39)23-12-14-24(35)15-13-23)34(38-30,21-44-20-22-10-8-7-9-11-22)26-18-25(43-6)16-17-27(26)36/h7-18,28-29,39H,19-21H2,1-6H3,(H,37,38,40)/t28?,29?,34-/m1/s1. The van der Waals surface area contributed by atoms with E-state index < -0.39 is 67.8 Å². The lowest BCUT2D eigenvalue weighted by molar-refractivity contribution is 0.0474. The molecular weight excluding hydrogens is 618 g/mol. The lowest BCUT2D eigenvalue weighted by Gasteiger charge is -2.51. The fourth-order valence-corrected chi connectivity index (χ4v) is 7.71. The quantitative estimate of drug-likeness (QED) is 0.287. The van der Waals surface area contributed by atoms with Crippen molar-refractivity contribution in [2.75, 3.05) is 13.7 Å². The number of aliphatic hydroxyl groups is 1. The lowest BCUT2D eigenvalue weighted by Crippen LogP contribution is -2.71. The molecule has 248 valence electrons. The Bertz CT molecular complexity index is 1670. The monoisotopic (exact) mass is 658 g/mol. The molecule has 1 heterocycles. The molecule has 9 nitrogen and oxygen atoms in total. The van der Waals surface area contributed by atoms with Crippen molar-refractivity contribution in [3.05, 3.63) is 101 Å². The minimum atomic E-state index is -4.46. The summed E-state index contributed by atoms with van der Waals surface area (Å²) in [5.41, 5.74) is -2.01. The van der Waals surface area contributed by atoms with Crippen LogP contribution >= 0.6 is 0 Å². The van der Waals surface area contributed by atoms with E-state index in [4.69, 9.17) is 14.2 Å². The predicted molar refractivity (Wildman–Crippen MR) is 170 cm³/mol. The number of nitrogens with one attached hydrogen (secondary N) is 1. The number of amides is 1. The highest BCUT2D eigenvalue weighted by atomic mass is 32.2. The normalized spacial score (nSPS) is 22.1. The van der Waals surface area contributed by atoms with Crippen LogP contribution in [0.4, 0.5) is 13.6 Å². The summed E-state index contributed by atoms with van der Waals surface area (Å²) >= 11 is 0. The number of hydrogen-bond acceptors (Lipinski definition) is 7. The van der Waals surface area contributed by atoms with Crippen LogP contribution in [-0.2, 0) is 31.5 Å². The van der Waals surface area contributed by atoms with E-state index in [9.17, 15) is 22.7 Å². The van der Waals surface area contributed by atoms with Crippen LogP contribution in [0.2, 0.25) is 0 Å². The number of carbonyl (C=O) groups is 1. The van der Waals surface area contributed by atoms with Gasteiger partial charge in [0, 0.05) is 5.56 Å². The first-order valence-corrected chi connectivity index (χ1v) is 16.3. The van der Waals surface area contributed by atoms with Gasteiger partial charge in [-0.1, -0.05) is 42.5 Å². The Morgan fingerprint density at radius 2 is 1.70 bits per heavy atom. The van der Waals surface area contributed by atoms with Gasteiger partial charge in [0.25, 0.3) is 0 Å². The Morgan fingerprint density at radius 3 is 2.30 bits per heavy atom. The molecule has 2 N–H and O–H groups in total. The maximum atomic E-state index is 16.0. The number of aliphatic hydroxyl groups excluding tert-OH is 1. The van der Waals surface area contributed by atoms with Gasteiger partial charge >= 0.3 is 6.09 Å². The number of ether oxygens (including phenoxy) is 3. The third kappa shape index (κ3) is 7.40. The van der Waals surface area contributed by atoms with E-state index in [-0.39, 0.29) is 29.3 Å². The smallest absolute Gasteiger partial charge is 0.435 e. The van der Waals surface area contributed by atoms with Gasteiger partial charge in [0.05, 0.1) is 31.7 Å². The van der Waals surface area contributed by atoms with Crippen molar-refractivity contribution in [2.45, 2.75) is 74.9 Å². The maximum absolute atomic E-state index is 16.0. The Balaban J connectivity index is 1.95. The van der Waals surface area contributed by atoms with Gasteiger partial charge in [-0.2, -0.15) is 4.99 Å². The van der Waals surface area contributed by atoms with Crippen molar-refractivity contribution in [1.29, 1.82) is 0 Å². The second-order valence-corrected chi connectivity index (χ2v) is 15.4. The van der Waals surface area contributed by atoms with Crippen molar-refractivity contribution >= 4 is 21.8 Å². The number of halogens is 2. The molecule has 46 heavy (non-hydrogen) atoms. The average molecular weight is 659 g/mol. The van der Waals surface area contributed by atoms with Crippen LogP contribution in [0.5, 0.6) is 5.75 Å². The fourth-order valence-electron chi connectivity index (χ4n) is 5.41. The molecule has 0 saturated carbocycles. The Kier molecular flexibility index (Phi) is 10.2. The van der Waals surface area contributed by atoms with Crippen LogP contribution in [-0.4, -0.2) is 54.8 Å². The summed E-state index contributed by atoms with van der Waals surface area (Å²) in [6.07, 6.45) is -2.91. The van der Waals surface area contributed by atoms with E-state index in [1.165, 1.54) is 45.2 Å². The highest BCUT2D eigenvalue weighted by Gasteiger charge is 2.61. The lowest BCUT2D eigenvalue weighted by atomic mass is 9.82. The Morgan fingerprint density at radius 1 is 1.04 bits per heavy atom. The number of nitrogens with zero attached hydrogens (tertiary/aromatic N) is 1. The van der Waals surface area contributed by atoms with E-state index in [0.29, 0.717) is 0 Å². The molecule has 0 aliphatic carbocycles. The van der Waals surface area contributed by atoms with E-state index in [1.54, 1.807) is 20.8 Å². The zero-order chi connectivity index (χ0) is 33.9. The third-order valence-corrected chi connectivity index (χ3v) is 10.9. The largest absolute Gasteiger partial charge is 0.497 e. The van der Waals surface area contributed by atoms with Gasteiger partial charge in [-0.05, 0) is 82.5 Å². The van der Waals surface area contributed by atoms with Crippen molar-refractivity contribution in [2.24, 2.45) is 4.99 Å². The molecule has 1 aliphatic rings. The van der Waals surface area contributed by atoms with Crippen LogP contribution in [0.1, 0.15) is 63.8 Å². The van der Waals surface area contributed by atoms with Crippen molar-refractivity contribution in [3.63, 3.8) is 0 Å². The second-order valence-electron chi connectivity index (χ2n) is 12.7. The Labute approximate surface area is 268 Å². The van der Waals surface area contributed by atoms with Crippen molar-refractivity contribution in [3.8, 4) is 5.75 Å². The van der Waals surface area contributed by atoms with E-state index in [0.717, 1.165) is 23.8 Å². The number of rotatable bonds is 9. The van der Waals surface area contributed by atoms with Gasteiger partial charge < -0.3 is 24.6 Å². The number of methoxy groups -OCH3 is 1. The van der Waals surface area contributed by atoms with Crippen LogP contribution in [0.15, 0.2) is 77.8 Å². The highest BCUT2D eigenvalue weighted by molar-refractivity contribution is 7.94. The number of aliphatic imine (C=N–C) groups is 1. The summed E-state index contributed by atoms with van der Waals surface area (Å²) in [4.78, 5) is 17.0. The molecular formula is C34H40F2N2O7S. The van der Waals surface area contributed by atoms with E-state index in [2.05, 4.69) is 10.3 Å². The first-order valence-electron chi connectivity index (χ1n) is 14.7. The zero-order valence-electron chi connectivity index (χ0n) is 26.7. The molecule has 2 unspecified atom stereocenters. The first-order chi connectivity index (χ1) is 21.5. The summed E-state index contributed by atoms with van der Waals surface area (Å²) in [5.74, 6) is -1.38. The average Bonchev–Trinajstić information content (AvgIpc) is 2.98. The maximum Gasteiger partial charge on any atom is 0.435 e. The van der Waals surface area contributed by atoms with E-state index >= 15 is 4.39 Å². The van der Waals surface area contributed by atoms with Crippen LogP contribution < -0.4 is 10.1 Å². The molecule has 12 heteroatoms. The van der Waals surface area contributed by atoms with Crippen LogP contribution in [0, 0.1) is 11.6 Å². The molecule has 1 fully saturated rings. The predicted octanol–water partition coefficient (Wildman–Crippen LogP) is 6.01. The molecule has 0 aromatic heterocycles. The topological polar surface area (TPSA) is 124 Å². The van der Waals surface area contributed by atoms with Crippen molar-refractivity contribution in [1.82, 2.24) is 5.32 Å². The summed E-state index contributed by atoms with van der Waals surface area (Å²) in [7, 11) is -3.08. The first kappa shape index (κ1) is 35.0. The van der Waals surface area contributed by atoms with Crippen LogP contribution in [0.25, 0.3) is 0 Å². The molecule has 0 radical (unpaired) electrons. The summed E-state index contributed by atoms with van der Waals surface area (Å²) in [5, 5.41) is 12.9. The fraction of sp³-hybridized carbons (Fsp3) is 0.412. The molecule has 4 rings (SSSR count). The van der Waals surface area contributed by atoms with Crippen molar-refractivity contribution < 1.29 is 41.3 Å². The van der Waals surface area contributed by atoms with Gasteiger partial charge in [0.2, 0.25) is 0 Å². The highest BCUT2D eigenvalue weighted by Crippen LogP contribution is 2.45. The number of carbonyl (C=O) groups excluding carboxylic acids is 1. The molecule has 1 amide bonds. The van der Waals surface area contributed by atoms with Gasteiger partial charge in [-0.3, -0.25) is 0 Å². The molecule has 3 aromatic rings. The van der Waals surface area contributed by atoms with Gasteiger partial charge in [-0.25, -0.2) is 22.0 Å².